The molecule has 2 atom stereocenters. The molecule has 1 aromatic carbocycles. The second-order valence-electron chi connectivity index (χ2n) is 4.65. The zero-order valence-electron chi connectivity index (χ0n) is 10.7. The number of para-hydroxylation sites is 2. The van der Waals surface area contributed by atoms with E-state index in [1.807, 2.05) is 12.1 Å². The van der Waals surface area contributed by atoms with E-state index in [2.05, 4.69) is 42.5 Å². The summed E-state index contributed by atoms with van der Waals surface area (Å²) in [6, 6.07) is 8.68. The number of nitrogens with zero attached hydrogens (tertiary/aromatic N) is 2. The first-order chi connectivity index (χ1) is 8.19. The molecular formula is C14H19ClN2. The highest BCUT2D eigenvalue weighted by atomic mass is 35.5. The summed E-state index contributed by atoms with van der Waals surface area (Å²) in [5.74, 6) is 2.06. The predicted octanol–water partition coefficient (Wildman–Crippen LogP) is 4.38. The molecule has 2 nitrogen and oxygen atoms in total. The Morgan fingerprint density at radius 1 is 1.29 bits per heavy atom. The summed E-state index contributed by atoms with van der Waals surface area (Å²) in [4.78, 5) is 4.60. The standard InChI is InChI=1S/C14H19ClN2/c1-4-10(2)11(3)17-13-8-6-5-7-12(13)16-14(17)9-15/h5-8,10-11H,4,9H2,1-3H3. The van der Waals surface area contributed by atoms with Gasteiger partial charge in [0, 0.05) is 6.04 Å². The maximum Gasteiger partial charge on any atom is 0.125 e. The van der Waals surface area contributed by atoms with E-state index in [4.69, 9.17) is 11.6 Å². The van der Waals surface area contributed by atoms with Gasteiger partial charge in [0.2, 0.25) is 0 Å². The highest BCUT2D eigenvalue weighted by molar-refractivity contribution is 6.16. The fourth-order valence-corrected chi connectivity index (χ4v) is 2.43. The van der Waals surface area contributed by atoms with Gasteiger partial charge in [-0.25, -0.2) is 4.98 Å². The highest BCUT2D eigenvalue weighted by Gasteiger charge is 2.18. The van der Waals surface area contributed by atoms with Gasteiger partial charge in [-0.2, -0.15) is 0 Å². The van der Waals surface area contributed by atoms with Crippen molar-refractivity contribution in [2.45, 2.75) is 39.1 Å². The molecule has 2 rings (SSSR count). The Morgan fingerprint density at radius 2 is 2.00 bits per heavy atom. The predicted molar refractivity (Wildman–Crippen MR) is 73.5 cm³/mol. The van der Waals surface area contributed by atoms with E-state index >= 15 is 0 Å². The fraction of sp³-hybridized carbons (Fsp3) is 0.500. The van der Waals surface area contributed by atoms with Crippen LogP contribution in [-0.4, -0.2) is 9.55 Å². The largest absolute Gasteiger partial charge is 0.324 e. The Balaban J connectivity index is 2.57. The molecule has 0 saturated heterocycles. The van der Waals surface area contributed by atoms with Gasteiger partial charge in [-0.05, 0) is 25.0 Å². The van der Waals surface area contributed by atoms with Gasteiger partial charge in [-0.15, -0.1) is 11.6 Å². The van der Waals surface area contributed by atoms with E-state index in [-0.39, 0.29) is 0 Å². The minimum Gasteiger partial charge on any atom is -0.324 e. The summed E-state index contributed by atoms with van der Waals surface area (Å²) >= 11 is 6.01. The van der Waals surface area contributed by atoms with Crippen LogP contribution in [0.1, 0.15) is 39.1 Å². The molecular weight excluding hydrogens is 232 g/mol. The maximum atomic E-state index is 6.01. The second-order valence-corrected chi connectivity index (χ2v) is 4.91. The van der Waals surface area contributed by atoms with Crippen LogP contribution in [0.3, 0.4) is 0 Å². The first-order valence-electron chi connectivity index (χ1n) is 6.20. The average Bonchev–Trinajstić information content (AvgIpc) is 2.75. The van der Waals surface area contributed by atoms with Gasteiger partial charge in [-0.1, -0.05) is 32.4 Å². The first kappa shape index (κ1) is 12.4. The van der Waals surface area contributed by atoms with Crippen molar-refractivity contribution in [2.75, 3.05) is 0 Å². The lowest BCUT2D eigenvalue weighted by atomic mass is 10.0. The third-order valence-corrected chi connectivity index (χ3v) is 3.90. The van der Waals surface area contributed by atoms with Crippen LogP contribution in [0.5, 0.6) is 0 Å². The number of alkyl halides is 1. The van der Waals surface area contributed by atoms with Crippen molar-refractivity contribution in [3.63, 3.8) is 0 Å². The maximum absolute atomic E-state index is 6.01. The molecule has 0 spiro atoms. The number of halogens is 1. The second kappa shape index (κ2) is 5.09. The topological polar surface area (TPSA) is 17.8 Å². The third-order valence-electron chi connectivity index (χ3n) is 3.66. The van der Waals surface area contributed by atoms with Crippen LogP contribution in [0.2, 0.25) is 0 Å². The van der Waals surface area contributed by atoms with Crippen LogP contribution in [-0.2, 0) is 5.88 Å². The molecule has 0 bridgehead atoms. The molecule has 0 fully saturated rings. The fourth-order valence-electron chi connectivity index (χ4n) is 2.24. The Hall–Kier alpha value is -1.02. The number of hydrogen-bond donors (Lipinski definition) is 0. The minimum absolute atomic E-state index is 0.432. The summed E-state index contributed by atoms with van der Waals surface area (Å²) in [5, 5.41) is 0. The Morgan fingerprint density at radius 3 is 2.65 bits per heavy atom. The molecule has 0 N–H and O–H groups in total. The van der Waals surface area contributed by atoms with Gasteiger partial charge in [-0.3, -0.25) is 0 Å². The van der Waals surface area contributed by atoms with Gasteiger partial charge in [0.15, 0.2) is 0 Å². The smallest absolute Gasteiger partial charge is 0.125 e. The molecule has 0 aliphatic carbocycles. The number of imidazole rings is 1. The van der Waals surface area contributed by atoms with Gasteiger partial charge in [0.1, 0.15) is 5.82 Å². The molecule has 1 aromatic heterocycles. The molecule has 0 saturated carbocycles. The molecule has 0 aliphatic rings. The number of benzene rings is 1. The summed E-state index contributed by atoms with van der Waals surface area (Å²) in [6.45, 7) is 6.75. The van der Waals surface area contributed by atoms with E-state index in [0.717, 1.165) is 17.8 Å². The van der Waals surface area contributed by atoms with E-state index < -0.39 is 0 Å². The SMILES string of the molecule is CCC(C)C(C)n1c(CCl)nc2ccccc21. The number of rotatable bonds is 4. The van der Waals surface area contributed by atoms with E-state index in [1.54, 1.807) is 0 Å². The van der Waals surface area contributed by atoms with Crippen LogP contribution in [0.15, 0.2) is 24.3 Å². The summed E-state index contributed by atoms with van der Waals surface area (Å²) in [7, 11) is 0. The Bertz CT molecular complexity index is 504. The lowest BCUT2D eigenvalue weighted by Crippen LogP contribution is -2.15. The van der Waals surface area contributed by atoms with E-state index in [0.29, 0.717) is 17.8 Å². The summed E-state index contributed by atoms with van der Waals surface area (Å²) in [5.41, 5.74) is 2.23. The van der Waals surface area contributed by atoms with Gasteiger partial charge in [0.25, 0.3) is 0 Å². The van der Waals surface area contributed by atoms with Crippen molar-refractivity contribution in [1.29, 1.82) is 0 Å². The molecule has 0 amide bonds. The monoisotopic (exact) mass is 250 g/mol. The van der Waals surface area contributed by atoms with Crippen LogP contribution in [0, 0.1) is 5.92 Å². The normalized spacial score (nSPS) is 15.1. The molecule has 0 radical (unpaired) electrons. The molecule has 17 heavy (non-hydrogen) atoms. The van der Waals surface area contributed by atoms with Gasteiger partial charge in [0.05, 0.1) is 16.9 Å². The van der Waals surface area contributed by atoms with Crippen LogP contribution < -0.4 is 0 Å². The Labute approximate surface area is 108 Å². The van der Waals surface area contributed by atoms with Crippen molar-refractivity contribution in [3.8, 4) is 0 Å². The molecule has 2 aromatic rings. The average molecular weight is 251 g/mol. The van der Waals surface area contributed by atoms with Crippen LogP contribution in [0.25, 0.3) is 11.0 Å². The van der Waals surface area contributed by atoms with Crippen LogP contribution >= 0.6 is 11.6 Å². The van der Waals surface area contributed by atoms with Gasteiger partial charge < -0.3 is 4.57 Å². The van der Waals surface area contributed by atoms with Gasteiger partial charge >= 0.3 is 0 Å². The number of aromatic nitrogens is 2. The zero-order valence-corrected chi connectivity index (χ0v) is 11.4. The first-order valence-corrected chi connectivity index (χ1v) is 6.74. The summed E-state index contributed by atoms with van der Waals surface area (Å²) in [6.07, 6.45) is 1.16. The summed E-state index contributed by atoms with van der Waals surface area (Å²) < 4.78 is 2.29. The third kappa shape index (κ3) is 2.19. The molecule has 3 heteroatoms. The van der Waals surface area contributed by atoms with Crippen molar-refractivity contribution in [3.05, 3.63) is 30.1 Å². The van der Waals surface area contributed by atoms with Crippen molar-refractivity contribution in [1.82, 2.24) is 9.55 Å². The number of fused-ring (bicyclic) bond motifs is 1. The molecule has 92 valence electrons. The lowest BCUT2D eigenvalue weighted by molar-refractivity contribution is 0.371. The van der Waals surface area contributed by atoms with Crippen LogP contribution in [0.4, 0.5) is 0 Å². The van der Waals surface area contributed by atoms with Crippen molar-refractivity contribution < 1.29 is 0 Å². The number of hydrogen-bond acceptors (Lipinski definition) is 1. The molecule has 1 heterocycles. The molecule has 2 unspecified atom stereocenters. The van der Waals surface area contributed by atoms with E-state index in [9.17, 15) is 0 Å². The Kier molecular flexibility index (Phi) is 3.72. The zero-order chi connectivity index (χ0) is 12.4. The van der Waals surface area contributed by atoms with E-state index in [1.165, 1.54) is 5.52 Å². The minimum atomic E-state index is 0.432. The molecule has 0 aliphatic heterocycles. The van der Waals surface area contributed by atoms with Crippen molar-refractivity contribution in [2.24, 2.45) is 5.92 Å². The highest BCUT2D eigenvalue weighted by Crippen LogP contribution is 2.28. The quantitative estimate of drug-likeness (QED) is 0.737. The van der Waals surface area contributed by atoms with Crippen molar-refractivity contribution >= 4 is 22.6 Å². The lowest BCUT2D eigenvalue weighted by Gasteiger charge is -2.22.